The maximum Gasteiger partial charge on any atom is 0.335 e. The van der Waals surface area contributed by atoms with Gasteiger partial charge in [-0.15, -0.1) is 11.3 Å². The molecule has 7 heteroatoms. The summed E-state index contributed by atoms with van der Waals surface area (Å²) < 4.78 is 7.45. The average Bonchev–Trinajstić information content (AvgIpc) is 3.22. The highest BCUT2D eigenvalue weighted by Crippen LogP contribution is 2.25. The molecule has 0 unspecified atom stereocenters. The average molecular weight is 435 g/mol. The second kappa shape index (κ2) is 9.14. The third-order valence-corrected chi connectivity index (χ3v) is 6.15. The summed E-state index contributed by atoms with van der Waals surface area (Å²) in [6.45, 7) is 2.94. The zero-order chi connectivity index (χ0) is 21.8. The van der Waals surface area contributed by atoms with Gasteiger partial charge in [-0.25, -0.2) is 9.78 Å². The van der Waals surface area contributed by atoms with Crippen molar-refractivity contribution < 1.29 is 14.6 Å². The Morgan fingerprint density at radius 2 is 1.87 bits per heavy atom. The van der Waals surface area contributed by atoms with Crippen LogP contribution in [0.4, 0.5) is 0 Å². The number of carbonyl (C=O) groups is 1. The molecule has 0 radical (unpaired) electrons. The van der Waals surface area contributed by atoms with E-state index < -0.39 is 5.97 Å². The fraction of sp³-hybridized carbons (Fsp3) is 0.208. The Morgan fingerprint density at radius 3 is 2.55 bits per heavy atom. The summed E-state index contributed by atoms with van der Waals surface area (Å²) in [4.78, 5) is 30.9. The number of carboxylic acids is 1. The Bertz CT molecular complexity index is 1260. The molecule has 0 aliphatic carbocycles. The lowest BCUT2D eigenvalue weighted by molar-refractivity contribution is 0.0697. The molecule has 2 aromatic heterocycles. The van der Waals surface area contributed by atoms with Crippen LogP contribution in [-0.4, -0.2) is 27.2 Å². The minimum absolute atomic E-state index is 0.0365. The first kappa shape index (κ1) is 20.8. The molecule has 0 aliphatic rings. The van der Waals surface area contributed by atoms with Gasteiger partial charge in [-0.1, -0.05) is 37.3 Å². The fourth-order valence-corrected chi connectivity index (χ4v) is 4.32. The minimum atomic E-state index is -0.970. The molecule has 4 rings (SSSR count). The second-order valence-corrected chi connectivity index (χ2v) is 8.19. The van der Waals surface area contributed by atoms with Crippen molar-refractivity contribution in [3.05, 3.63) is 81.5 Å². The number of benzene rings is 2. The first-order valence-electron chi connectivity index (χ1n) is 10.1. The molecular formula is C24H22N2O4S. The van der Waals surface area contributed by atoms with Gasteiger partial charge in [0.2, 0.25) is 0 Å². The van der Waals surface area contributed by atoms with E-state index in [1.54, 1.807) is 28.0 Å². The molecule has 0 saturated heterocycles. The molecule has 1 N–H and O–H groups in total. The van der Waals surface area contributed by atoms with Crippen molar-refractivity contribution in [3.8, 4) is 17.1 Å². The van der Waals surface area contributed by atoms with Gasteiger partial charge in [-0.2, -0.15) is 0 Å². The Morgan fingerprint density at radius 1 is 1.13 bits per heavy atom. The number of nitrogens with zero attached hydrogens (tertiary/aromatic N) is 2. The van der Waals surface area contributed by atoms with Gasteiger partial charge < -0.3 is 9.84 Å². The Balaban J connectivity index is 1.56. The predicted molar refractivity (Wildman–Crippen MR) is 122 cm³/mol. The van der Waals surface area contributed by atoms with Gasteiger partial charge in [-0.3, -0.25) is 9.36 Å². The molecule has 158 valence electrons. The lowest BCUT2D eigenvalue weighted by Crippen LogP contribution is -2.24. The van der Waals surface area contributed by atoms with E-state index >= 15 is 0 Å². The van der Waals surface area contributed by atoms with Gasteiger partial charge in [-0.05, 0) is 43.2 Å². The third-order valence-electron chi connectivity index (χ3n) is 4.98. The minimum Gasteiger partial charge on any atom is -0.494 e. The maximum absolute atomic E-state index is 13.3. The van der Waals surface area contributed by atoms with Crippen LogP contribution in [0.15, 0.2) is 65.5 Å². The Hall–Kier alpha value is -3.45. The van der Waals surface area contributed by atoms with E-state index in [0.29, 0.717) is 36.5 Å². The molecule has 0 saturated carbocycles. The monoisotopic (exact) mass is 434 g/mol. The van der Waals surface area contributed by atoms with E-state index in [0.717, 1.165) is 21.7 Å². The van der Waals surface area contributed by atoms with E-state index in [9.17, 15) is 9.59 Å². The summed E-state index contributed by atoms with van der Waals surface area (Å²) in [5.74, 6) is 0.287. The van der Waals surface area contributed by atoms with Gasteiger partial charge in [0.05, 0.1) is 17.6 Å². The van der Waals surface area contributed by atoms with Crippen molar-refractivity contribution in [3.63, 3.8) is 0 Å². The molecular weight excluding hydrogens is 412 g/mol. The lowest BCUT2D eigenvalue weighted by Gasteiger charge is -2.13. The first-order chi connectivity index (χ1) is 15.1. The number of ether oxygens (including phenoxy) is 1. The molecule has 0 fully saturated rings. The van der Waals surface area contributed by atoms with Crippen LogP contribution in [0.1, 0.15) is 28.6 Å². The number of aromatic carboxylic acids is 1. The van der Waals surface area contributed by atoms with Crippen molar-refractivity contribution in [1.29, 1.82) is 0 Å². The Kier molecular flexibility index (Phi) is 6.13. The van der Waals surface area contributed by atoms with Crippen LogP contribution in [0.25, 0.3) is 21.6 Å². The summed E-state index contributed by atoms with van der Waals surface area (Å²) in [6, 6.07) is 18.0. The number of hydrogen-bond acceptors (Lipinski definition) is 5. The smallest absolute Gasteiger partial charge is 0.335 e. The number of rotatable bonds is 8. The highest BCUT2D eigenvalue weighted by Gasteiger charge is 2.15. The molecule has 0 aliphatic heterocycles. The predicted octanol–water partition coefficient (Wildman–Crippen LogP) is 4.85. The third kappa shape index (κ3) is 4.51. The molecule has 4 aromatic rings. The first-order valence-corrected chi connectivity index (χ1v) is 10.9. The second-order valence-electron chi connectivity index (χ2n) is 7.07. The summed E-state index contributed by atoms with van der Waals surface area (Å²) in [7, 11) is 0. The van der Waals surface area contributed by atoms with Crippen LogP contribution < -0.4 is 10.3 Å². The quantitative estimate of drug-likeness (QED) is 0.401. The van der Waals surface area contributed by atoms with E-state index in [1.807, 2.05) is 36.4 Å². The van der Waals surface area contributed by atoms with Crippen molar-refractivity contribution in [2.75, 3.05) is 6.61 Å². The molecule has 0 amide bonds. The van der Waals surface area contributed by atoms with Crippen LogP contribution in [0.3, 0.4) is 0 Å². The van der Waals surface area contributed by atoms with Crippen molar-refractivity contribution >= 4 is 27.5 Å². The van der Waals surface area contributed by atoms with Gasteiger partial charge >= 0.3 is 5.97 Å². The van der Waals surface area contributed by atoms with Crippen LogP contribution in [0.2, 0.25) is 0 Å². The van der Waals surface area contributed by atoms with Gasteiger partial charge in [0.1, 0.15) is 16.4 Å². The van der Waals surface area contributed by atoms with Crippen molar-refractivity contribution in [2.24, 2.45) is 0 Å². The van der Waals surface area contributed by atoms with E-state index in [1.165, 1.54) is 12.1 Å². The van der Waals surface area contributed by atoms with Crippen LogP contribution in [0.5, 0.6) is 5.75 Å². The van der Waals surface area contributed by atoms with Gasteiger partial charge in [0, 0.05) is 17.0 Å². The number of fused-ring (bicyclic) bond motifs is 1. The fourth-order valence-electron chi connectivity index (χ4n) is 3.36. The van der Waals surface area contributed by atoms with Crippen molar-refractivity contribution in [1.82, 2.24) is 9.55 Å². The SMILES string of the molecule is CCc1cc2c(=O)n(CCCOc3ccc(C(=O)O)cc3)c(-c3ccccc3)nc2s1. The molecule has 6 nitrogen and oxygen atoms in total. The summed E-state index contributed by atoms with van der Waals surface area (Å²) in [6.07, 6.45) is 1.48. The maximum atomic E-state index is 13.3. The highest BCUT2D eigenvalue weighted by molar-refractivity contribution is 7.18. The molecule has 2 heterocycles. The van der Waals surface area contributed by atoms with Crippen molar-refractivity contribution in [2.45, 2.75) is 26.3 Å². The zero-order valence-electron chi connectivity index (χ0n) is 17.1. The number of hydrogen-bond donors (Lipinski definition) is 1. The van der Waals surface area contributed by atoms with Crippen LogP contribution >= 0.6 is 11.3 Å². The number of aromatic nitrogens is 2. The summed E-state index contributed by atoms with van der Waals surface area (Å²) in [5.41, 5.74) is 1.08. The Labute approximate surface area is 183 Å². The molecule has 0 spiro atoms. The van der Waals surface area contributed by atoms with Gasteiger partial charge in [0.15, 0.2) is 0 Å². The van der Waals surface area contributed by atoms with E-state index in [4.69, 9.17) is 14.8 Å². The molecule has 0 atom stereocenters. The topological polar surface area (TPSA) is 81.4 Å². The van der Waals surface area contributed by atoms with Crippen LogP contribution in [-0.2, 0) is 13.0 Å². The van der Waals surface area contributed by atoms with Crippen LogP contribution in [0, 0.1) is 0 Å². The molecule has 2 aromatic carbocycles. The van der Waals surface area contributed by atoms with Gasteiger partial charge in [0.25, 0.3) is 5.56 Å². The lowest BCUT2D eigenvalue weighted by atomic mass is 10.2. The summed E-state index contributed by atoms with van der Waals surface area (Å²) >= 11 is 1.57. The molecule has 31 heavy (non-hydrogen) atoms. The number of aryl methyl sites for hydroxylation is 1. The largest absolute Gasteiger partial charge is 0.494 e. The van der Waals surface area contributed by atoms with E-state index in [-0.39, 0.29) is 11.1 Å². The zero-order valence-corrected chi connectivity index (χ0v) is 17.9. The van der Waals surface area contributed by atoms with E-state index in [2.05, 4.69) is 6.92 Å². The standard InChI is InChI=1S/C24H22N2O4S/c1-2-19-15-20-22(31-19)25-21(16-7-4-3-5-8-16)26(23(20)27)13-6-14-30-18-11-9-17(10-12-18)24(28)29/h3-5,7-12,15H,2,6,13-14H2,1H3,(H,28,29). The normalized spacial score (nSPS) is 11.0. The molecule has 0 bridgehead atoms. The number of thiophene rings is 1. The summed E-state index contributed by atoms with van der Waals surface area (Å²) in [5, 5.41) is 9.64. The number of carboxylic acid groups (broad SMARTS) is 1. The highest BCUT2D eigenvalue weighted by atomic mass is 32.1.